The Hall–Kier alpha value is -2.63. The van der Waals surface area contributed by atoms with Gasteiger partial charge in [-0.1, -0.05) is 51.1 Å². The number of aromatic nitrogens is 2. The SMILES string of the molecule is Cc1cc(NC(=O)CCNC(=O)C(C)(C)C)n(Cc2ccccc2)n1. The summed E-state index contributed by atoms with van der Waals surface area (Å²) in [6, 6.07) is 11.8. The molecule has 0 bridgehead atoms. The van der Waals surface area contributed by atoms with Crippen LogP contribution in [-0.4, -0.2) is 28.1 Å². The van der Waals surface area contributed by atoms with Gasteiger partial charge in [0.15, 0.2) is 0 Å². The van der Waals surface area contributed by atoms with Crippen molar-refractivity contribution in [2.75, 3.05) is 11.9 Å². The monoisotopic (exact) mass is 342 g/mol. The van der Waals surface area contributed by atoms with Crippen LogP contribution in [0.1, 0.15) is 38.4 Å². The average molecular weight is 342 g/mol. The van der Waals surface area contributed by atoms with Crippen LogP contribution < -0.4 is 10.6 Å². The molecule has 6 heteroatoms. The predicted molar refractivity (Wildman–Crippen MR) is 98.2 cm³/mol. The topological polar surface area (TPSA) is 76.0 Å². The van der Waals surface area contributed by atoms with Gasteiger partial charge in [-0.3, -0.25) is 9.59 Å². The van der Waals surface area contributed by atoms with Crippen molar-refractivity contribution >= 4 is 17.6 Å². The van der Waals surface area contributed by atoms with Crippen LogP contribution in [0.25, 0.3) is 0 Å². The van der Waals surface area contributed by atoms with Gasteiger partial charge in [0.2, 0.25) is 11.8 Å². The zero-order chi connectivity index (χ0) is 18.4. The molecule has 0 aliphatic rings. The van der Waals surface area contributed by atoms with Crippen LogP contribution in [0.5, 0.6) is 0 Å². The Labute approximate surface area is 148 Å². The van der Waals surface area contributed by atoms with E-state index in [9.17, 15) is 9.59 Å². The molecule has 0 unspecified atom stereocenters. The molecule has 0 atom stereocenters. The van der Waals surface area contributed by atoms with Gasteiger partial charge in [0.25, 0.3) is 0 Å². The van der Waals surface area contributed by atoms with E-state index in [1.165, 1.54) is 0 Å². The number of anilines is 1. The van der Waals surface area contributed by atoms with Crippen molar-refractivity contribution < 1.29 is 9.59 Å². The molecule has 0 spiro atoms. The summed E-state index contributed by atoms with van der Waals surface area (Å²) in [5.74, 6) is 0.446. The van der Waals surface area contributed by atoms with Crippen LogP contribution in [0.4, 0.5) is 5.82 Å². The highest BCUT2D eigenvalue weighted by molar-refractivity contribution is 5.90. The van der Waals surface area contributed by atoms with Crippen molar-refractivity contribution in [3.63, 3.8) is 0 Å². The van der Waals surface area contributed by atoms with Crippen LogP contribution in [-0.2, 0) is 16.1 Å². The zero-order valence-corrected chi connectivity index (χ0v) is 15.3. The molecule has 0 saturated carbocycles. The van der Waals surface area contributed by atoms with E-state index in [2.05, 4.69) is 15.7 Å². The minimum Gasteiger partial charge on any atom is -0.355 e. The van der Waals surface area contributed by atoms with E-state index in [0.717, 1.165) is 11.3 Å². The van der Waals surface area contributed by atoms with Crippen molar-refractivity contribution in [1.82, 2.24) is 15.1 Å². The molecule has 0 saturated heterocycles. The summed E-state index contributed by atoms with van der Waals surface area (Å²) in [4.78, 5) is 24.0. The maximum absolute atomic E-state index is 12.2. The zero-order valence-electron chi connectivity index (χ0n) is 15.3. The molecule has 2 amide bonds. The number of hydrogen-bond donors (Lipinski definition) is 2. The van der Waals surface area contributed by atoms with Crippen LogP contribution in [0.2, 0.25) is 0 Å². The second-order valence-electron chi connectivity index (χ2n) is 7.12. The van der Waals surface area contributed by atoms with Gasteiger partial charge >= 0.3 is 0 Å². The first-order valence-electron chi connectivity index (χ1n) is 8.42. The largest absolute Gasteiger partial charge is 0.355 e. The average Bonchev–Trinajstić information content (AvgIpc) is 2.86. The van der Waals surface area contributed by atoms with Crippen molar-refractivity contribution in [2.45, 2.75) is 40.7 Å². The summed E-state index contributed by atoms with van der Waals surface area (Å²) in [6.45, 7) is 8.31. The molecule has 1 heterocycles. The van der Waals surface area contributed by atoms with Gasteiger partial charge in [-0.25, -0.2) is 4.68 Å². The van der Waals surface area contributed by atoms with Crippen molar-refractivity contribution in [3.05, 3.63) is 47.7 Å². The first-order chi connectivity index (χ1) is 11.8. The molecule has 0 fully saturated rings. The lowest BCUT2D eigenvalue weighted by Crippen LogP contribution is -2.36. The fraction of sp³-hybridized carbons (Fsp3) is 0.421. The van der Waals surface area contributed by atoms with Gasteiger partial charge in [0.1, 0.15) is 5.82 Å². The summed E-state index contributed by atoms with van der Waals surface area (Å²) in [7, 11) is 0. The van der Waals surface area contributed by atoms with Gasteiger partial charge in [-0.2, -0.15) is 5.10 Å². The van der Waals surface area contributed by atoms with Gasteiger partial charge in [0.05, 0.1) is 12.2 Å². The summed E-state index contributed by atoms with van der Waals surface area (Å²) >= 11 is 0. The molecule has 0 radical (unpaired) electrons. The minimum atomic E-state index is -0.456. The standard InChI is InChI=1S/C19H26N4O2/c1-14-12-16(23(22-14)13-15-8-6-5-7-9-15)21-17(24)10-11-20-18(25)19(2,3)4/h5-9,12H,10-11,13H2,1-4H3,(H,20,25)(H,21,24). The van der Waals surface area contributed by atoms with E-state index in [1.54, 1.807) is 4.68 Å². The number of nitrogens with zero attached hydrogens (tertiary/aromatic N) is 2. The van der Waals surface area contributed by atoms with E-state index < -0.39 is 5.41 Å². The molecule has 0 aliphatic carbocycles. The Bertz CT molecular complexity index is 730. The lowest BCUT2D eigenvalue weighted by Gasteiger charge is -2.17. The fourth-order valence-electron chi connectivity index (χ4n) is 2.28. The fourth-order valence-corrected chi connectivity index (χ4v) is 2.28. The maximum atomic E-state index is 12.2. The minimum absolute atomic E-state index is 0.0646. The van der Waals surface area contributed by atoms with E-state index in [-0.39, 0.29) is 18.2 Å². The molecule has 2 N–H and O–H groups in total. The second kappa shape index (κ2) is 7.96. The Balaban J connectivity index is 1.91. The first-order valence-corrected chi connectivity index (χ1v) is 8.42. The maximum Gasteiger partial charge on any atom is 0.227 e. The highest BCUT2D eigenvalue weighted by atomic mass is 16.2. The third-order valence-corrected chi connectivity index (χ3v) is 3.66. The van der Waals surface area contributed by atoms with Gasteiger partial charge in [0, 0.05) is 24.4 Å². The first kappa shape index (κ1) is 18.7. The van der Waals surface area contributed by atoms with Gasteiger partial charge in [-0.15, -0.1) is 0 Å². The van der Waals surface area contributed by atoms with Crippen molar-refractivity contribution in [3.8, 4) is 0 Å². The van der Waals surface area contributed by atoms with Crippen LogP contribution in [0.3, 0.4) is 0 Å². The van der Waals surface area contributed by atoms with E-state index in [4.69, 9.17) is 0 Å². The van der Waals surface area contributed by atoms with E-state index in [0.29, 0.717) is 18.9 Å². The molecule has 1 aromatic carbocycles. The molecule has 6 nitrogen and oxygen atoms in total. The molecule has 0 aliphatic heterocycles. The Morgan fingerprint density at radius 3 is 2.48 bits per heavy atom. The second-order valence-corrected chi connectivity index (χ2v) is 7.12. The Kier molecular flexibility index (Phi) is 5.96. The third kappa shape index (κ3) is 5.74. The van der Waals surface area contributed by atoms with Gasteiger partial charge in [-0.05, 0) is 12.5 Å². The number of carbonyl (C=O) groups is 2. The van der Waals surface area contributed by atoms with Crippen LogP contribution in [0, 0.1) is 12.3 Å². The molecule has 1 aromatic heterocycles. The summed E-state index contributed by atoms with van der Waals surface area (Å²) in [6.07, 6.45) is 0.220. The molecule has 134 valence electrons. The van der Waals surface area contributed by atoms with Crippen molar-refractivity contribution in [2.24, 2.45) is 5.41 Å². The smallest absolute Gasteiger partial charge is 0.227 e. The van der Waals surface area contributed by atoms with E-state index in [1.807, 2.05) is 64.1 Å². The number of rotatable bonds is 6. The number of nitrogens with one attached hydrogen (secondary N) is 2. The molecule has 25 heavy (non-hydrogen) atoms. The van der Waals surface area contributed by atoms with E-state index >= 15 is 0 Å². The normalized spacial score (nSPS) is 11.2. The lowest BCUT2D eigenvalue weighted by molar-refractivity contribution is -0.128. The van der Waals surface area contributed by atoms with Crippen molar-refractivity contribution in [1.29, 1.82) is 0 Å². The van der Waals surface area contributed by atoms with Crippen LogP contribution in [0.15, 0.2) is 36.4 Å². The number of hydrogen-bond acceptors (Lipinski definition) is 3. The lowest BCUT2D eigenvalue weighted by atomic mass is 9.96. The Morgan fingerprint density at radius 2 is 1.84 bits per heavy atom. The van der Waals surface area contributed by atoms with Gasteiger partial charge < -0.3 is 10.6 Å². The summed E-state index contributed by atoms with van der Waals surface area (Å²) < 4.78 is 1.77. The van der Waals surface area contributed by atoms with Crippen LogP contribution >= 0.6 is 0 Å². The number of aryl methyl sites for hydroxylation is 1. The molecule has 2 aromatic rings. The molecule has 2 rings (SSSR count). The highest BCUT2D eigenvalue weighted by Crippen LogP contribution is 2.14. The summed E-state index contributed by atoms with van der Waals surface area (Å²) in [5, 5.41) is 10.1. The Morgan fingerprint density at radius 1 is 1.16 bits per heavy atom. The predicted octanol–water partition coefficient (Wildman–Crippen LogP) is 2.73. The third-order valence-electron chi connectivity index (χ3n) is 3.66. The molecular weight excluding hydrogens is 316 g/mol. The highest BCUT2D eigenvalue weighted by Gasteiger charge is 2.20. The quantitative estimate of drug-likeness (QED) is 0.847. The summed E-state index contributed by atoms with van der Waals surface area (Å²) in [5.41, 5.74) is 1.49. The number of benzene rings is 1. The number of carbonyl (C=O) groups excluding carboxylic acids is 2. The number of amides is 2. The molecular formula is C19H26N4O2.